The zero-order chi connectivity index (χ0) is 12.6. The summed E-state index contributed by atoms with van der Waals surface area (Å²) < 4.78 is 9.60. The van der Waals surface area contributed by atoms with E-state index >= 15 is 0 Å². The highest BCUT2D eigenvalue weighted by molar-refractivity contribution is 5.82. The van der Waals surface area contributed by atoms with Crippen LogP contribution in [-0.4, -0.2) is 24.6 Å². The molecule has 89 valence electrons. The SMILES string of the molecule is C=CC(C)COC(=O)C(C)(C=CC)O[C]=O. The molecule has 0 bridgehead atoms. The fraction of sp³-hybridized carbons (Fsp3) is 0.500. The number of carbonyl (C=O) groups is 1. The van der Waals surface area contributed by atoms with Crippen LogP contribution in [0.25, 0.3) is 0 Å². The Morgan fingerprint density at radius 3 is 2.69 bits per heavy atom. The minimum Gasteiger partial charge on any atom is -0.462 e. The van der Waals surface area contributed by atoms with Crippen LogP contribution in [0.4, 0.5) is 0 Å². The number of ether oxygens (including phenoxy) is 2. The van der Waals surface area contributed by atoms with Crippen LogP contribution in [0.1, 0.15) is 20.8 Å². The van der Waals surface area contributed by atoms with Crippen molar-refractivity contribution in [2.24, 2.45) is 5.92 Å². The first-order chi connectivity index (χ1) is 7.50. The van der Waals surface area contributed by atoms with E-state index in [0.29, 0.717) is 0 Å². The lowest BCUT2D eigenvalue weighted by Crippen LogP contribution is -2.38. The maximum atomic E-state index is 11.7. The second kappa shape index (κ2) is 6.82. The summed E-state index contributed by atoms with van der Waals surface area (Å²) in [5, 5.41) is 0. The second-order valence-corrected chi connectivity index (χ2v) is 3.60. The molecular formula is C12H17O4. The average Bonchev–Trinajstić information content (AvgIpc) is 2.25. The fourth-order valence-electron chi connectivity index (χ4n) is 0.967. The Kier molecular flexibility index (Phi) is 6.15. The van der Waals surface area contributed by atoms with Crippen molar-refractivity contribution in [3.05, 3.63) is 24.8 Å². The van der Waals surface area contributed by atoms with E-state index in [1.54, 1.807) is 19.1 Å². The Morgan fingerprint density at radius 1 is 1.62 bits per heavy atom. The molecule has 1 radical (unpaired) electrons. The summed E-state index contributed by atoms with van der Waals surface area (Å²) in [4.78, 5) is 21.8. The standard InChI is InChI=1S/C12H17O4/c1-5-7-12(4,16-9-13)11(14)15-8-10(3)6-2/h5-7,10H,2,8H2,1,3-4H3. The predicted octanol–water partition coefficient (Wildman–Crippen LogP) is 1.77. The van der Waals surface area contributed by atoms with E-state index in [9.17, 15) is 9.59 Å². The van der Waals surface area contributed by atoms with E-state index < -0.39 is 11.6 Å². The molecule has 0 rings (SSSR count). The Hall–Kier alpha value is -1.58. The zero-order valence-corrected chi connectivity index (χ0v) is 9.86. The van der Waals surface area contributed by atoms with E-state index in [-0.39, 0.29) is 12.5 Å². The van der Waals surface area contributed by atoms with Gasteiger partial charge < -0.3 is 9.47 Å². The van der Waals surface area contributed by atoms with Crippen LogP contribution in [-0.2, 0) is 19.1 Å². The van der Waals surface area contributed by atoms with E-state index in [1.807, 2.05) is 6.92 Å². The third-order valence-electron chi connectivity index (χ3n) is 2.02. The van der Waals surface area contributed by atoms with Crippen LogP contribution >= 0.6 is 0 Å². The summed E-state index contributed by atoms with van der Waals surface area (Å²) in [7, 11) is 0. The number of allylic oxidation sites excluding steroid dienone is 1. The molecular weight excluding hydrogens is 208 g/mol. The lowest BCUT2D eigenvalue weighted by Gasteiger charge is -2.21. The summed E-state index contributed by atoms with van der Waals surface area (Å²) in [6.45, 7) is 10.1. The molecule has 0 saturated carbocycles. The minimum atomic E-state index is -1.41. The normalized spacial score (nSPS) is 16.2. The number of carbonyl (C=O) groups excluding carboxylic acids is 2. The van der Waals surface area contributed by atoms with Gasteiger partial charge in [-0.3, -0.25) is 0 Å². The van der Waals surface area contributed by atoms with Gasteiger partial charge in [0, 0.05) is 5.92 Å². The first-order valence-corrected chi connectivity index (χ1v) is 4.99. The molecule has 16 heavy (non-hydrogen) atoms. The number of esters is 1. The predicted molar refractivity (Wildman–Crippen MR) is 60.3 cm³/mol. The van der Waals surface area contributed by atoms with Gasteiger partial charge in [-0.15, -0.1) is 6.58 Å². The monoisotopic (exact) mass is 225 g/mol. The van der Waals surface area contributed by atoms with Crippen molar-refractivity contribution >= 4 is 12.4 Å². The maximum Gasteiger partial charge on any atom is 0.418 e. The van der Waals surface area contributed by atoms with E-state index in [4.69, 9.17) is 4.74 Å². The first-order valence-electron chi connectivity index (χ1n) is 4.99. The van der Waals surface area contributed by atoms with Crippen LogP contribution in [0.3, 0.4) is 0 Å². The molecule has 0 saturated heterocycles. The molecule has 0 amide bonds. The quantitative estimate of drug-likeness (QED) is 0.489. The topological polar surface area (TPSA) is 52.6 Å². The number of rotatable bonds is 7. The molecule has 0 aromatic heterocycles. The summed E-state index contributed by atoms with van der Waals surface area (Å²) in [6, 6.07) is 0. The third kappa shape index (κ3) is 4.29. The third-order valence-corrected chi connectivity index (χ3v) is 2.02. The lowest BCUT2D eigenvalue weighted by molar-refractivity contribution is -0.158. The Morgan fingerprint density at radius 2 is 2.25 bits per heavy atom. The van der Waals surface area contributed by atoms with Gasteiger partial charge in [-0.2, -0.15) is 0 Å². The van der Waals surface area contributed by atoms with Gasteiger partial charge in [-0.1, -0.05) is 19.1 Å². The molecule has 0 aliphatic carbocycles. The van der Waals surface area contributed by atoms with Gasteiger partial charge in [0.25, 0.3) is 0 Å². The van der Waals surface area contributed by atoms with Crippen molar-refractivity contribution in [2.75, 3.05) is 6.61 Å². The molecule has 0 aliphatic heterocycles. The van der Waals surface area contributed by atoms with Crippen molar-refractivity contribution in [2.45, 2.75) is 26.4 Å². The highest BCUT2D eigenvalue weighted by Crippen LogP contribution is 2.14. The number of hydrogen-bond acceptors (Lipinski definition) is 4. The molecule has 0 N–H and O–H groups in total. The molecule has 0 aromatic carbocycles. The Labute approximate surface area is 95.9 Å². The van der Waals surface area contributed by atoms with Crippen LogP contribution < -0.4 is 0 Å². The average molecular weight is 225 g/mol. The summed E-state index contributed by atoms with van der Waals surface area (Å²) in [5.74, 6) is -0.568. The lowest BCUT2D eigenvalue weighted by atomic mass is 10.1. The van der Waals surface area contributed by atoms with E-state index in [1.165, 1.54) is 19.5 Å². The van der Waals surface area contributed by atoms with Gasteiger partial charge in [0.1, 0.15) is 0 Å². The van der Waals surface area contributed by atoms with Crippen molar-refractivity contribution in [3.63, 3.8) is 0 Å². The molecule has 0 heterocycles. The highest BCUT2D eigenvalue weighted by Gasteiger charge is 2.34. The van der Waals surface area contributed by atoms with E-state index in [2.05, 4.69) is 11.3 Å². The van der Waals surface area contributed by atoms with Gasteiger partial charge in [0.05, 0.1) is 6.61 Å². The second-order valence-electron chi connectivity index (χ2n) is 3.60. The van der Waals surface area contributed by atoms with Crippen molar-refractivity contribution in [3.8, 4) is 0 Å². The molecule has 2 unspecified atom stereocenters. The van der Waals surface area contributed by atoms with Gasteiger partial charge >= 0.3 is 12.4 Å². The van der Waals surface area contributed by atoms with Gasteiger partial charge in [-0.25, -0.2) is 9.59 Å². The molecule has 0 spiro atoms. The van der Waals surface area contributed by atoms with E-state index in [0.717, 1.165) is 0 Å². The highest BCUT2D eigenvalue weighted by atomic mass is 16.6. The Bertz CT molecular complexity index is 283. The Balaban J connectivity index is 4.50. The summed E-state index contributed by atoms with van der Waals surface area (Å²) in [5.41, 5.74) is -1.41. The van der Waals surface area contributed by atoms with Crippen LogP contribution in [0.5, 0.6) is 0 Å². The van der Waals surface area contributed by atoms with Gasteiger partial charge in [0.15, 0.2) is 0 Å². The van der Waals surface area contributed by atoms with Gasteiger partial charge in [0.2, 0.25) is 5.60 Å². The molecule has 0 fully saturated rings. The zero-order valence-electron chi connectivity index (χ0n) is 9.86. The smallest absolute Gasteiger partial charge is 0.418 e. The molecule has 0 aliphatic rings. The minimum absolute atomic E-state index is 0.0546. The maximum absolute atomic E-state index is 11.7. The molecule has 0 aromatic rings. The fourth-order valence-corrected chi connectivity index (χ4v) is 0.967. The van der Waals surface area contributed by atoms with Crippen LogP contribution in [0, 0.1) is 5.92 Å². The van der Waals surface area contributed by atoms with Crippen molar-refractivity contribution in [1.29, 1.82) is 0 Å². The number of hydrogen-bond donors (Lipinski definition) is 0. The van der Waals surface area contributed by atoms with Gasteiger partial charge in [-0.05, 0) is 19.9 Å². The van der Waals surface area contributed by atoms with Crippen LogP contribution in [0.2, 0.25) is 0 Å². The summed E-state index contributed by atoms with van der Waals surface area (Å²) >= 11 is 0. The molecule has 2 atom stereocenters. The molecule has 4 heteroatoms. The van der Waals surface area contributed by atoms with Crippen molar-refractivity contribution in [1.82, 2.24) is 0 Å². The van der Waals surface area contributed by atoms with Crippen LogP contribution in [0.15, 0.2) is 24.8 Å². The first kappa shape index (κ1) is 14.4. The van der Waals surface area contributed by atoms with Crippen molar-refractivity contribution < 1.29 is 19.1 Å². The molecule has 4 nitrogen and oxygen atoms in total. The largest absolute Gasteiger partial charge is 0.462 e. The summed E-state index contributed by atoms with van der Waals surface area (Å²) in [6.07, 6.45) is 4.72.